The van der Waals surface area contributed by atoms with Crippen LogP contribution in [-0.2, 0) is 4.74 Å². The predicted molar refractivity (Wildman–Crippen MR) is 85.8 cm³/mol. The van der Waals surface area contributed by atoms with Crippen LogP contribution in [0.15, 0.2) is 0 Å². The van der Waals surface area contributed by atoms with E-state index in [1.165, 1.54) is 7.11 Å². The Morgan fingerprint density at radius 2 is 1.96 bits per heavy atom. The van der Waals surface area contributed by atoms with Gasteiger partial charge in [-0.05, 0) is 45.7 Å². The zero-order valence-electron chi connectivity index (χ0n) is 14.8. The number of halogens is 3. The van der Waals surface area contributed by atoms with Gasteiger partial charge in [0, 0.05) is 12.2 Å². The number of hydrogen-bond donors (Lipinski definition) is 1. The lowest BCUT2D eigenvalue weighted by molar-refractivity contribution is -0.187. The quantitative estimate of drug-likeness (QED) is 0.661. The third-order valence-electron chi connectivity index (χ3n) is 4.92. The highest BCUT2D eigenvalue weighted by Crippen LogP contribution is 2.34. The van der Waals surface area contributed by atoms with Gasteiger partial charge in [-0.2, -0.15) is 13.2 Å². The number of H-pyrrole nitrogens is 1. The number of methoxy groups -OCH3 is 1. The van der Waals surface area contributed by atoms with Crippen molar-refractivity contribution < 1.29 is 27.5 Å². The second-order valence-electron chi connectivity index (χ2n) is 6.53. The summed E-state index contributed by atoms with van der Waals surface area (Å²) in [6, 6.07) is -0.701. The molecule has 0 aromatic carbocycles. The van der Waals surface area contributed by atoms with Gasteiger partial charge in [0.15, 0.2) is 5.78 Å². The molecule has 0 spiro atoms. The van der Waals surface area contributed by atoms with Crippen molar-refractivity contribution in [3.05, 3.63) is 22.5 Å². The Morgan fingerprint density at radius 1 is 1.32 bits per heavy atom. The Bertz CT molecular complexity index is 667. The molecule has 1 N–H and O–H groups in total. The Hall–Kier alpha value is -1.83. The Kier molecular flexibility index (Phi) is 5.61. The molecule has 1 aromatic heterocycles. The van der Waals surface area contributed by atoms with Crippen molar-refractivity contribution >= 4 is 11.8 Å². The topological polar surface area (TPSA) is 62.4 Å². The normalized spacial score (nSPS) is 20.4. The molecule has 5 nitrogen and oxygen atoms in total. The van der Waals surface area contributed by atoms with E-state index in [1.807, 2.05) is 0 Å². The van der Waals surface area contributed by atoms with Crippen LogP contribution in [0.4, 0.5) is 13.2 Å². The van der Waals surface area contributed by atoms with E-state index < -0.39 is 24.1 Å². The van der Waals surface area contributed by atoms with E-state index in [2.05, 4.69) is 4.98 Å². The highest BCUT2D eigenvalue weighted by Gasteiger charge is 2.43. The molecule has 0 radical (unpaired) electrons. The van der Waals surface area contributed by atoms with Gasteiger partial charge in [-0.3, -0.25) is 9.69 Å². The van der Waals surface area contributed by atoms with Gasteiger partial charge >= 0.3 is 12.1 Å². The third kappa shape index (κ3) is 3.89. The van der Waals surface area contributed by atoms with Gasteiger partial charge in [0.1, 0.15) is 0 Å². The number of ether oxygens (including phenoxy) is 1. The molecular weight excluding hydrogens is 337 g/mol. The van der Waals surface area contributed by atoms with Crippen molar-refractivity contribution in [1.29, 1.82) is 0 Å². The summed E-state index contributed by atoms with van der Waals surface area (Å²) in [6.07, 6.45) is -3.76. The van der Waals surface area contributed by atoms with Crippen LogP contribution in [0.5, 0.6) is 0 Å². The van der Waals surface area contributed by atoms with Crippen LogP contribution in [0.25, 0.3) is 0 Å². The number of rotatable bonds is 4. The smallest absolute Gasteiger partial charge is 0.393 e. The molecule has 2 heterocycles. The molecule has 2 atom stereocenters. The minimum Gasteiger partial charge on any atom is -0.465 e. The van der Waals surface area contributed by atoms with Crippen LogP contribution in [0, 0.1) is 19.8 Å². The molecule has 1 aliphatic heterocycles. The Labute approximate surface area is 144 Å². The van der Waals surface area contributed by atoms with E-state index in [4.69, 9.17) is 4.74 Å². The molecular formula is C17H23F3N2O3. The maximum absolute atomic E-state index is 13.0. The van der Waals surface area contributed by atoms with Crippen LogP contribution in [-0.4, -0.2) is 54.1 Å². The SMILES string of the molecule is COC(=O)c1c(C)[nH]c(C(=O)[C@H](C)N2CCC[C@H](C(F)(F)F)C2)c1C. The number of Topliss-reactive ketones (excluding diaryl/α,β-unsaturated/α-hetero) is 1. The number of aryl methyl sites for hydroxylation is 1. The summed E-state index contributed by atoms with van der Waals surface area (Å²) in [4.78, 5) is 29.1. The number of alkyl halides is 3. The van der Waals surface area contributed by atoms with E-state index in [9.17, 15) is 22.8 Å². The molecule has 0 saturated carbocycles. The fourth-order valence-corrected chi connectivity index (χ4v) is 3.40. The van der Waals surface area contributed by atoms with Crippen molar-refractivity contribution in [3.8, 4) is 0 Å². The maximum atomic E-state index is 13.0. The first-order chi connectivity index (χ1) is 11.6. The molecule has 0 bridgehead atoms. The second-order valence-corrected chi connectivity index (χ2v) is 6.53. The van der Waals surface area contributed by atoms with E-state index in [0.717, 1.165) is 0 Å². The number of esters is 1. The van der Waals surface area contributed by atoms with Gasteiger partial charge in [-0.25, -0.2) is 4.79 Å². The minimum atomic E-state index is -4.25. The van der Waals surface area contributed by atoms with Gasteiger partial charge in [0.25, 0.3) is 0 Å². The number of carbonyl (C=O) groups is 2. The van der Waals surface area contributed by atoms with Crippen molar-refractivity contribution in [2.45, 2.75) is 45.8 Å². The highest BCUT2D eigenvalue weighted by molar-refractivity contribution is 6.03. The van der Waals surface area contributed by atoms with Gasteiger partial charge in [-0.15, -0.1) is 0 Å². The number of aromatic nitrogens is 1. The summed E-state index contributed by atoms with van der Waals surface area (Å²) in [6.45, 7) is 5.15. The average molecular weight is 360 g/mol. The molecule has 25 heavy (non-hydrogen) atoms. The highest BCUT2D eigenvalue weighted by atomic mass is 19.4. The zero-order chi connectivity index (χ0) is 18.9. The van der Waals surface area contributed by atoms with Gasteiger partial charge in [0.2, 0.25) is 0 Å². The molecule has 140 valence electrons. The van der Waals surface area contributed by atoms with Gasteiger partial charge < -0.3 is 9.72 Å². The number of nitrogens with one attached hydrogen (secondary N) is 1. The second kappa shape index (κ2) is 7.19. The molecule has 8 heteroatoms. The first-order valence-electron chi connectivity index (χ1n) is 8.20. The van der Waals surface area contributed by atoms with Gasteiger partial charge in [0.05, 0.1) is 30.3 Å². The van der Waals surface area contributed by atoms with Gasteiger partial charge in [-0.1, -0.05) is 0 Å². The molecule has 0 aliphatic carbocycles. The van der Waals surface area contributed by atoms with Crippen LogP contribution < -0.4 is 0 Å². The number of hydrogen-bond acceptors (Lipinski definition) is 4. The Morgan fingerprint density at radius 3 is 2.52 bits per heavy atom. The zero-order valence-corrected chi connectivity index (χ0v) is 14.8. The monoisotopic (exact) mass is 360 g/mol. The molecule has 0 unspecified atom stereocenters. The number of ketones is 1. The summed E-state index contributed by atoms with van der Waals surface area (Å²) in [7, 11) is 1.25. The summed E-state index contributed by atoms with van der Waals surface area (Å²) in [5.41, 5.74) is 1.52. The minimum absolute atomic E-state index is 0.0913. The van der Waals surface area contributed by atoms with Crippen molar-refractivity contribution in [2.24, 2.45) is 5.92 Å². The number of likely N-dealkylation sites (tertiary alicyclic amines) is 1. The van der Waals surface area contributed by atoms with E-state index in [0.29, 0.717) is 29.8 Å². The van der Waals surface area contributed by atoms with Crippen molar-refractivity contribution in [1.82, 2.24) is 9.88 Å². The Balaban J connectivity index is 2.22. The fraction of sp³-hybridized carbons (Fsp3) is 0.647. The average Bonchev–Trinajstić information content (AvgIpc) is 2.86. The number of aromatic amines is 1. The molecule has 1 aliphatic rings. The third-order valence-corrected chi connectivity index (χ3v) is 4.92. The van der Waals surface area contributed by atoms with Crippen LogP contribution in [0.3, 0.4) is 0 Å². The number of carbonyl (C=O) groups excluding carboxylic acids is 2. The molecule has 1 fully saturated rings. The molecule has 2 rings (SSSR count). The first kappa shape index (κ1) is 19.5. The largest absolute Gasteiger partial charge is 0.465 e. The first-order valence-corrected chi connectivity index (χ1v) is 8.20. The molecule has 1 saturated heterocycles. The maximum Gasteiger partial charge on any atom is 0.393 e. The van der Waals surface area contributed by atoms with E-state index in [1.54, 1.807) is 25.7 Å². The summed E-state index contributed by atoms with van der Waals surface area (Å²) < 4.78 is 43.7. The van der Waals surface area contributed by atoms with Crippen molar-refractivity contribution in [2.75, 3.05) is 20.2 Å². The molecule has 1 aromatic rings. The lowest BCUT2D eigenvalue weighted by Crippen LogP contribution is -2.48. The van der Waals surface area contributed by atoms with Crippen molar-refractivity contribution in [3.63, 3.8) is 0 Å². The lowest BCUT2D eigenvalue weighted by atomic mass is 9.95. The van der Waals surface area contributed by atoms with E-state index in [-0.39, 0.29) is 24.4 Å². The summed E-state index contributed by atoms with van der Waals surface area (Å²) in [5, 5.41) is 0. The van der Waals surface area contributed by atoms with Crippen LogP contribution in [0.2, 0.25) is 0 Å². The number of nitrogens with zero attached hydrogens (tertiary/aromatic N) is 1. The fourth-order valence-electron chi connectivity index (χ4n) is 3.40. The standard InChI is InChI=1S/C17H23F3N2O3/c1-9-13(16(24)25-4)10(2)21-14(9)15(23)11(3)22-7-5-6-12(8-22)17(18,19)20/h11-12,21H,5-8H2,1-4H3/t11-,12-/m0/s1. The lowest BCUT2D eigenvalue weighted by Gasteiger charge is -2.36. The van der Waals surface area contributed by atoms with Crippen LogP contribution >= 0.6 is 0 Å². The number of piperidine rings is 1. The predicted octanol–water partition coefficient (Wildman–Crippen LogP) is 3.26. The van der Waals surface area contributed by atoms with Crippen LogP contribution in [0.1, 0.15) is 51.9 Å². The molecule has 0 amide bonds. The summed E-state index contributed by atoms with van der Waals surface area (Å²) >= 11 is 0. The summed E-state index contributed by atoms with van der Waals surface area (Å²) in [5.74, 6) is -2.28. The van der Waals surface area contributed by atoms with E-state index >= 15 is 0 Å².